The van der Waals surface area contributed by atoms with Crippen LogP contribution in [0.4, 0.5) is 0 Å². The van der Waals surface area contributed by atoms with Crippen molar-refractivity contribution in [1.82, 2.24) is 10.2 Å². The van der Waals surface area contributed by atoms with E-state index in [1.807, 2.05) is 12.1 Å². The molecule has 0 atom stereocenters. The Hall–Kier alpha value is -0.580. The van der Waals surface area contributed by atoms with Crippen LogP contribution in [0.5, 0.6) is 5.75 Å². The van der Waals surface area contributed by atoms with Crippen LogP contribution in [0.15, 0.2) is 22.7 Å². The van der Waals surface area contributed by atoms with Crippen LogP contribution >= 0.6 is 15.9 Å². The lowest BCUT2D eigenvalue weighted by atomic mass is 10.2. The van der Waals surface area contributed by atoms with Crippen LogP contribution in [-0.2, 0) is 6.54 Å². The molecule has 1 aliphatic rings. The van der Waals surface area contributed by atoms with Gasteiger partial charge in [0.25, 0.3) is 0 Å². The second-order valence-corrected chi connectivity index (χ2v) is 5.77. The van der Waals surface area contributed by atoms with Crippen LogP contribution in [0, 0.1) is 0 Å². The Balaban J connectivity index is 1.89. The van der Waals surface area contributed by atoms with Crippen LogP contribution in [0.2, 0.25) is 0 Å². The summed E-state index contributed by atoms with van der Waals surface area (Å²) in [6.07, 6.45) is 2.54. The number of aromatic hydroxyl groups is 1. The molecule has 1 aromatic carbocycles. The van der Waals surface area contributed by atoms with Crippen LogP contribution in [0.1, 0.15) is 18.4 Å². The zero-order valence-electron chi connectivity index (χ0n) is 10.3. The van der Waals surface area contributed by atoms with Crippen LogP contribution < -0.4 is 5.32 Å². The van der Waals surface area contributed by atoms with Gasteiger partial charge in [-0.1, -0.05) is 12.1 Å². The van der Waals surface area contributed by atoms with Gasteiger partial charge in [0.2, 0.25) is 0 Å². The zero-order valence-corrected chi connectivity index (χ0v) is 11.9. The normalized spacial score (nSPS) is 17.4. The molecule has 0 aromatic heterocycles. The highest BCUT2D eigenvalue weighted by Gasteiger charge is 2.44. The Labute approximate surface area is 111 Å². The molecule has 1 fully saturated rings. The number of nitrogens with one attached hydrogen (secondary N) is 1. The molecule has 94 valence electrons. The molecule has 0 unspecified atom stereocenters. The molecule has 3 nitrogen and oxygen atoms in total. The van der Waals surface area contributed by atoms with Gasteiger partial charge in [-0.15, -0.1) is 0 Å². The topological polar surface area (TPSA) is 35.5 Å². The third-order valence-electron chi connectivity index (χ3n) is 3.60. The first kappa shape index (κ1) is 12.9. The fourth-order valence-corrected chi connectivity index (χ4v) is 2.46. The molecule has 0 amide bonds. The summed E-state index contributed by atoms with van der Waals surface area (Å²) in [6, 6.07) is 5.58. The van der Waals surface area contributed by atoms with Gasteiger partial charge in [0.15, 0.2) is 0 Å². The summed E-state index contributed by atoms with van der Waals surface area (Å²) in [6.45, 7) is 1.78. The molecule has 1 aliphatic carbocycles. The number of phenolic OH excluding ortho intramolecular Hbond substituents is 1. The van der Waals surface area contributed by atoms with Crippen LogP contribution in [0.25, 0.3) is 0 Å². The molecule has 0 aliphatic heterocycles. The Bertz CT molecular complexity index is 402. The number of likely N-dealkylation sites (N-methyl/N-ethyl adjacent to an activating group) is 1. The zero-order chi connectivity index (χ0) is 12.5. The van der Waals surface area contributed by atoms with E-state index in [0.717, 1.165) is 23.1 Å². The number of benzene rings is 1. The van der Waals surface area contributed by atoms with Gasteiger partial charge < -0.3 is 15.3 Å². The average Bonchev–Trinajstić information content (AvgIpc) is 3.05. The maximum atomic E-state index is 9.58. The monoisotopic (exact) mass is 298 g/mol. The number of phenols is 1. The number of hydrogen-bond acceptors (Lipinski definition) is 3. The average molecular weight is 299 g/mol. The fourth-order valence-electron chi connectivity index (χ4n) is 2.06. The van der Waals surface area contributed by atoms with Crippen LogP contribution in [-0.4, -0.2) is 36.2 Å². The van der Waals surface area contributed by atoms with E-state index in [1.165, 1.54) is 12.8 Å². The van der Waals surface area contributed by atoms with Crippen molar-refractivity contribution in [1.29, 1.82) is 0 Å². The highest BCUT2D eigenvalue weighted by molar-refractivity contribution is 9.10. The maximum Gasteiger partial charge on any atom is 0.130 e. The minimum absolute atomic E-state index is 0.304. The van der Waals surface area contributed by atoms with Crippen molar-refractivity contribution in [3.05, 3.63) is 28.2 Å². The molecular weight excluding hydrogens is 280 g/mol. The van der Waals surface area contributed by atoms with Gasteiger partial charge >= 0.3 is 0 Å². The minimum Gasteiger partial charge on any atom is -0.507 e. The van der Waals surface area contributed by atoms with Gasteiger partial charge in [-0.3, -0.25) is 0 Å². The SMILES string of the molecule is CN(C)C1(CNCc2cccc(O)c2Br)CC1. The van der Waals surface area contributed by atoms with Gasteiger partial charge in [-0.05, 0) is 54.5 Å². The highest BCUT2D eigenvalue weighted by atomic mass is 79.9. The smallest absolute Gasteiger partial charge is 0.130 e. The standard InChI is InChI=1S/C13H19BrN2O/c1-16(2)13(6-7-13)9-15-8-10-4-3-5-11(17)12(10)14/h3-5,15,17H,6-9H2,1-2H3. The fraction of sp³-hybridized carbons (Fsp3) is 0.538. The molecule has 17 heavy (non-hydrogen) atoms. The van der Waals surface area contributed by atoms with Crippen molar-refractivity contribution in [2.45, 2.75) is 24.9 Å². The van der Waals surface area contributed by atoms with E-state index >= 15 is 0 Å². The number of rotatable bonds is 5. The van der Waals surface area contributed by atoms with Crippen molar-refractivity contribution < 1.29 is 5.11 Å². The van der Waals surface area contributed by atoms with Crippen molar-refractivity contribution in [3.63, 3.8) is 0 Å². The van der Waals surface area contributed by atoms with E-state index in [0.29, 0.717) is 11.3 Å². The molecule has 1 aromatic rings. The molecule has 0 radical (unpaired) electrons. The summed E-state index contributed by atoms with van der Waals surface area (Å²) in [5.41, 5.74) is 1.46. The summed E-state index contributed by atoms with van der Waals surface area (Å²) >= 11 is 3.40. The third-order valence-corrected chi connectivity index (χ3v) is 4.52. The predicted molar refractivity (Wildman–Crippen MR) is 73.2 cm³/mol. The van der Waals surface area contributed by atoms with Gasteiger partial charge in [-0.2, -0.15) is 0 Å². The lowest BCUT2D eigenvalue weighted by Crippen LogP contribution is -2.39. The first-order valence-corrected chi connectivity index (χ1v) is 6.69. The Morgan fingerprint density at radius 3 is 2.71 bits per heavy atom. The van der Waals surface area contributed by atoms with Crippen molar-refractivity contribution >= 4 is 15.9 Å². The molecule has 0 spiro atoms. The Morgan fingerprint density at radius 2 is 2.12 bits per heavy atom. The van der Waals surface area contributed by atoms with E-state index in [9.17, 15) is 5.11 Å². The third kappa shape index (κ3) is 2.81. The minimum atomic E-state index is 0.304. The Kier molecular flexibility index (Phi) is 3.76. The molecule has 0 saturated heterocycles. The maximum absolute atomic E-state index is 9.58. The lowest BCUT2D eigenvalue weighted by Gasteiger charge is -2.24. The van der Waals surface area contributed by atoms with Crippen molar-refractivity contribution in [2.24, 2.45) is 0 Å². The number of nitrogens with zero attached hydrogens (tertiary/aromatic N) is 1. The van der Waals surface area contributed by atoms with Crippen molar-refractivity contribution in [2.75, 3.05) is 20.6 Å². The van der Waals surface area contributed by atoms with E-state index in [4.69, 9.17) is 0 Å². The molecule has 2 N–H and O–H groups in total. The number of halogens is 1. The largest absolute Gasteiger partial charge is 0.507 e. The summed E-state index contributed by atoms with van der Waals surface area (Å²) < 4.78 is 0.794. The molecule has 1 saturated carbocycles. The summed E-state index contributed by atoms with van der Waals surface area (Å²) in [5.74, 6) is 0.304. The van der Waals surface area contributed by atoms with Gasteiger partial charge in [-0.25, -0.2) is 0 Å². The van der Waals surface area contributed by atoms with E-state index in [1.54, 1.807) is 6.07 Å². The Morgan fingerprint density at radius 1 is 1.41 bits per heavy atom. The van der Waals surface area contributed by atoms with Crippen molar-refractivity contribution in [3.8, 4) is 5.75 Å². The lowest BCUT2D eigenvalue weighted by molar-refractivity contribution is 0.261. The molecule has 0 heterocycles. The van der Waals surface area contributed by atoms with Gasteiger partial charge in [0, 0.05) is 18.6 Å². The van der Waals surface area contributed by atoms with E-state index in [-0.39, 0.29) is 0 Å². The molecule has 4 heteroatoms. The molecular formula is C13H19BrN2O. The van der Waals surface area contributed by atoms with E-state index < -0.39 is 0 Å². The first-order valence-electron chi connectivity index (χ1n) is 5.90. The van der Waals surface area contributed by atoms with Crippen LogP contribution in [0.3, 0.4) is 0 Å². The first-order chi connectivity index (χ1) is 8.05. The number of hydrogen-bond donors (Lipinski definition) is 2. The second-order valence-electron chi connectivity index (χ2n) is 4.97. The van der Waals surface area contributed by atoms with Gasteiger partial charge in [0.1, 0.15) is 5.75 Å². The molecule has 2 rings (SSSR count). The summed E-state index contributed by atoms with van der Waals surface area (Å²) in [7, 11) is 4.28. The summed E-state index contributed by atoms with van der Waals surface area (Å²) in [5, 5.41) is 13.0. The molecule has 0 bridgehead atoms. The highest BCUT2D eigenvalue weighted by Crippen LogP contribution is 2.39. The van der Waals surface area contributed by atoms with E-state index in [2.05, 4.69) is 40.2 Å². The predicted octanol–water partition coefficient (Wildman–Crippen LogP) is 2.34. The second kappa shape index (κ2) is 4.96. The quantitative estimate of drug-likeness (QED) is 0.876. The van der Waals surface area contributed by atoms with Gasteiger partial charge in [0.05, 0.1) is 4.47 Å². The summed E-state index contributed by atoms with van der Waals surface area (Å²) in [4.78, 5) is 2.30.